The molecular weight excluding hydrogens is 458 g/mol. The molecule has 182 valence electrons. The van der Waals surface area contributed by atoms with Gasteiger partial charge in [0.25, 0.3) is 5.91 Å². The monoisotopic (exact) mass is 489 g/mol. The quantitative estimate of drug-likeness (QED) is 0.289. The van der Waals surface area contributed by atoms with E-state index in [9.17, 15) is 4.79 Å². The number of rotatable bonds is 9. The number of nitrogens with zero attached hydrogens (tertiary/aromatic N) is 2. The maximum atomic E-state index is 12.2. The van der Waals surface area contributed by atoms with E-state index in [0.29, 0.717) is 17.3 Å². The third-order valence-electron chi connectivity index (χ3n) is 6.65. The van der Waals surface area contributed by atoms with Crippen molar-refractivity contribution in [2.45, 2.75) is 47.1 Å². The van der Waals surface area contributed by atoms with Gasteiger partial charge in [-0.3, -0.25) is 4.79 Å². The van der Waals surface area contributed by atoms with E-state index in [1.54, 1.807) is 24.3 Å². The number of ether oxygens (including phenoxy) is 1. The highest BCUT2D eigenvalue weighted by Crippen LogP contribution is 2.26. The molecule has 6 heteroatoms. The van der Waals surface area contributed by atoms with Crippen molar-refractivity contribution in [3.05, 3.63) is 93.3 Å². The Morgan fingerprint density at radius 3 is 2.40 bits per heavy atom. The fraction of sp³-hybridized carbons (Fsp3) is 0.310. The highest BCUT2D eigenvalue weighted by atomic mass is 35.5. The molecule has 0 bridgehead atoms. The summed E-state index contributed by atoms with van der Waals surface area (Å²) >= 11 is 5.88. The Morgan fingerprint density at radius 1 is 1.00 bits per heavy atom. The highest BCUT2D eigenvalue weighted by Gasteiger charge is 2.15. The van der Waals surface area contributed by atoms with Gasteiger partial charge >= 0.3 is 0 Å². The molecule has 0 fully saturated rings. The molecule has 0 aliphatic carbocycles. The summed E-state index contributed by atoms with van der Waals surface area (Å²) in [4.78, 5) is 17.1. The van der Waals surface area contributed by atoms with E-state index in [1.165, 1.54) is 27.8 Å². The SMILES string of the molecule is Cc1cc(C)c(C)c(Cn2c(CCCNC(=O)COc3ccc(Cl)cc3)nc3ccccc32)c1C. The molecular formula is C29H32ClN3O2. The van der Waals surface area contributed by atoms with Crippen LogP contribution in [-0.4, -0.2) is 28.6 Å². The first-order chi connectivity index (χ1) is 16.8. The smallest absolute Gasteiger partial charge is 0.257 e. The maximum absolute atomic E-state index is 12.2. The molecule has 0 saturated carbocycles. The van der Waals surface area contributed by atoms with E-state index >= 15 is 0 Å². The average molecular weight is 490 g/mol. The number of aryl methyl sites for hydroxylation is 3. The number of carbonyl (C=O) groups is 1. The molecule has 1 aromatic heterocycles. The minimum Gasteiger partial charge on any atom is -0.484 e. The van der Waals surface area contributed by atoms with Gasteiger partial charge in [0, 0.05) is 24.5 Å². The molecule has 0 unspecified atom stereocenters. The van der Waals surface area contributed by atoms with Crippen LogP contribution in [0.5, 0.6) is 5.75 Å². The molecule has 0 atom stereocenters. The van der Waals surface area contributed by atoms with Gasteiger partial charge in [0.05, 0.1) is 11.0 Å². The Morgan fingerprint density at radius 2 is 1.69 bits per heavy atom. The first-order valence-corrected chi connectivity index (χ1v) is 12.4. The van der Waals surface area contributed by atoms with Crippen molar-refractivity contribution in [3.8, 4) is 5.75 Å². The van der Waals surface area contributed by atoms with Crippen molar-refractivity contribution >= 4 is 28.5 Å². The van der Waals surface area contributed by atoms with Gasteiger partial charge in [-0.1, -0.05) is 29.8 Å². The van der Waals surface area contributed by atoms with E-state index in [-0.39, 0.29) is 12.5 Å². The summed E-state index contributed by atoms with van der Waals surface area (Å²) < 4.78 is 7.85. The Labute approximate surface area is 212 Å². The van der Waals surface area contributed by atoms with Crippen LogP contribution in [0.25, 0.3) is 11.0 Å². The van der Waals surface area contributed by atoms with E-state index in [4.69, 9.17) is 21.3 Å². The van der Waals surface area contributed by atoms with Gasteiger partial charge in [0.1, 0.15) is 11.6 Å². The predicted octanol–water partition coefficient (Wildman–Crippen LogP) is 6.10. The van der Waals surface area contributed by atoms with Crippen LogP contribution in [0.1, 0.15) is 40.1 Å². The van der Waals surface area contributed by atoms with Crippen LogP contribution < -0.4 is 10.1 Å². The molecule has 1 amide bonds. The minimum atomic E-state index is -0.144. The number of carbonyl (C=O) groups excluding carboxylic acids is 1. The van der Waals surface area contributed by atoms with Gasteiger partial charge < -0.3 is 14.6 Å². The number of hydrogen-bond donors (Lipinski definition) is 1. The molecule has 0 radical (unpaired) electrons. The summed E-state index contributed by atoms with van der Waals surface area (Å²) in [5.41, 5.74) is 8.81. The second-order valence-electron chi connectivity index (χ2n) is 9.04. The second kappa shape index (κ2) is 11.0. The predicted molar refractivity (Wildman–Crippen MR) is 143 cm³/mol. The lowest BCUT2D eigenvalue weighted by molar-refractivity contribution is -0.123. The maximum Gasteiger partial charge on any atom is 0.257 e. The lowest BCUT2D eigenvalue weighted by Crippen LogP contribution is -2.30. The third kappa shape index (κ3) is 5.85. The van der Waals surface area contributed by atoms with Crippen molar-refractivity contribution in [1.29, 1.82) is 0 Å². The number of benzene rings is 3. The fourth-order valence-corrected chi connectivity index (χ4v) is 4.52. The highest BCUT2D eigenvalue weighted by molar-refractivity contribution is 6.30. The normalized spacial score (nSPS) is 11.1. The zero-order valence-electron chi connectivity index (χ0n) is 20.8. The van der Waals surface area contributed by atoms with Gasteiger partial charge in [0.15, 0.2) is 6.61 Å². The van der Waals surface area contributed by atoms with Gasteiger partial charge in [-0.05, 0) is 98.3 Å². The van der Waals surface area contributed by atoms with Crippen LogP contribution in [0.4, 0.5) is 0 Å². The summed E-state index contributed by atoms with van der Waals surface area (Å²) in [7, 11) is 0. The number of imidazole rings is 1. The molecule has 4 rings (SSSR count). The summed E-state index contributed by atoms with van der Waals surface area (Å²) in [5, 5.41) is 3.58. The van der Waals surface area contributed by atoms with Crippen LogP contribution in [-0.2, 0) is 17.8 Å². The molecule has 35 heavy (non-hydrogen) atoms. The van der Waals surface area contributed by atoms with Gasteiger partial charge in [0.2, 0.25) is 0 Å². The molecule has 0 aliphatic heterocycles. The van der Waals surface area contributed by atoms with Crippen LogP contribution in [0.2, 0.25) is 5.02 Å². The van der Waals surface area contributed by atoms with Crippen molar-refractivity contribution in [1.82, 2.24) is 14.9 Å². The Bertz CT molecular complexity index is 1320. The van der Waals surface area contributed by atoms with Crippen LogP contribution in [0, 0.1) is 27.7 Å². The number of aromatic nitrogens is 2. The number of fused-ring (bicyclic) bond motifs is 1. The van der Waals surface area contributed by atoms with Crippen LogP contribution >= 0.6 is 11.6 Å². The van der Waals surface area contributed by atoms with Crippen molar-refractivity contribution in [3.63, 3.8) is 0 Å². The summed E-state index contributed by atoms with van der Waals surface area (Å²) in [6, 6.07) is 17.5. The van der Waals surface area contributed by atoms with Crippen LogP contribution in [0.3, 0.4) is 0 Å². The molecule has 0 spiro atoms. The summed E-state index contributed by atoms with van der Waals surface area (Å²) in [6.45, 7) is 10.1. The first-order valence-electron chi connectivity index (χ1n) is 12.0. The van der Waals surface area contributed by atoms with E-state index < -0.39 is 0 Å². The Hall–Kier alpha value is -3.31. The average Bonchev–Trinajstić information content (AvgIpc) is 3.20. The fourth-order valence-electron chi connectivity index (χ4n) is 4.39. The lowest BCUT2D eigenvalue weighted by atomic mass is 9.94. The number of para-hydroxylation sites is 2. The van der Waals surface area contributed by atoms with Gasteiger partial charge in [-0.2, -0.15) is 0 Å². The molecule has 1 N–H and O–H groups in total. The molecule has 1 heterocycles. The zero-order valence-corrected chi connectivity index (χ0v) is 21.6. The van der Waals surface area contributed by atoms with Crippen molar-refractivity contribution < 1.29 is 9.53 Å². The van der Waals surface area contributed by atoms with E-state index in [0.717, 1.165) is 36.2 Å². The molecule has 4 aromatic rings. The number of nitrogens with one attached hydrogen (secondary N) is 1. The number of hydrogen-bond acceptors (Lipinski definition) is 3. The third-order valence-corrected chi connectivity index (χ3v) is 6.91. The molecule has 0 aliphatic rings. The van der Waals surface area contributed by atoms with Crippen LogP contribution in [0.15, 0.2) is 54.6 Å². The van der Waals surface area contributed by atoms with Crippen molar-refractivity contribution in [2.24, 2.45) is 0 Å². The lowest BCUT2D eigenvalue weighted by Gasteiger charge is -2.18. The van der Waals surface area contributed by atoms with E-state index in [2.05, 4.69) is 61.8 Å². The topological polar surface area (TPSA) is 56.2 Å². The standard InChI is InChI=1S/C29H32ClN3O2/c1-19-16-20(2)22(4)25(21(19)3)17-33-27-9-6-5-8-26(27)32-28(33)10-7-15-31-29(34)18-35-24-13-11-23(30)12-14-24/h5-6,8-9,11-14,16H,7,10,15,17-18H2,1-4H3,(H,31,34). The number of amides is 1. The second-order valence-corrected chi connectivity index (χ2v) is 9.47. The zero-order chi connectivity index (χ0) is 24.9. The first kappa shape index (κ1) is 24.8. The van der Waals surface area contributed by atoms with Crippen molar-refractivity contribution in [2.75, 3.05) is 13.2 Å². The molecule has 3 aromatic carbocycles. The molecule has 5 nitrogen and oxygen atoms in total. The van der Waals surface area contributed by atoms with Gasteiger partial charge in [-0.15, -0.1) is 0 Å². The van der Waals surface area contributed by atoms with E-state index in [1.807, 2.05) is 6.07 Å². The largest absolute Gasteiger partial charge is 0.484 e. The number of halogens is 1. The molecule has 0 saturated heterocycles. The Balaban J connectivity index is 1.41. The summed E-state index contributed by atoms with van der Waals surface area (Å²) in [6.07, 6.45) is 1.57. The van der Waals surface area contributed by atoms with Gasteiger partial charge in [-0.25, -0.2) is 4.98 Å². The minimum absolute atomic E-state index is 0.0224. The Kier molecular flexibility index (Phi) is 7.76. The summed E-state index contributed by atoms with van der Waals surface area (Å²) in [5.74, 6) is 1.51.